The topological polar surface area (TPSA) is 95.6 Å². The van der Waals surface area contributed by atoms with E-state index in [-0.39, 0.29) is 24.0 Å². The second-order valence-corrected chi connectivity index (χ2v) is 8.87. The highest BCUT2D eigenvalue weighted by atomic mass is 32.2. The van der Waals surface area contributed by atoms with Crippen LogP contribution in [0.2, 0.25) is 0 Å². The molecule has 10 heteroatoms. The Morgan fingerprint density at radius 3 is 2.41 bits per heavy atom. The molecule has 1 fully saturated rings. The highest BCUT2D eigenvalue weighted by Crippen LogP contribution is 2.21. The van der Waals surface area contributed by atoms with Crippen molar-refractivity contribution in [2.24, 2.45) is 0 Å². The van der Waals surface area contributed by atoms with Crippen molar-refractivity contribution >= 4 is 27.7 Å². The van der Waals surface area contributed by atoms with Gasteiger partial charge in [0.1, 0.15) is 5.75 Å². The number of benzene rings is 1. The van der Waals surface area contributed by atoms with E-state index < -0.39 is 16.1 Å². The van der Waals surface area contributed by atoms with Crippen LogP contribution in [0.1, 0.15) is 6.92 Å². The fourth-order valence-corrected chi connectivity index (χ4v) is 4.57. The van der Waals surface area contributed by atoms with Gasteiger partial charge in [0.05, 0.1) is 6.20 Å². The Hall–Kier alpha value is -2.04. The number of H-pyrrole nitrogens is 1. The molecule has 1 aromatic heterocycles. The van der Waals surface area contributed by atoms with E-state index in [9.17, 15) is 13.2 Å². The third-order valence-electron chi connectivity index (χ3n) is 4.36. The molecule has 0 aliphatic carbocycles. The maximum absolute atomic E-state index is 12.6. The van der Waals surface area contributed by atoms with Crippen molar-refractivity contribution in [3.8, 4) is 5.75 Å². The number of hydrogen-bond acceptors (Lipinski definition) is 6. The van der Waals surface area contributed by atoms with E-state index in [1.807, 2.05) is 30.5 Å². The third-order valence-corrected chi connectivity index (χ3v) is 6.94. The monoisotopic (exact) mass is 410 g/mol. The molecule has 0 spiro atoms. The molecule has 1 aromatic carbocycles. The first-order valence-corrected chi connectivity index (χ1v) is 11.2. The van der Waals surface area contributed by atoms with Crippen molar-refractivity contribution < 1.29 is 17.9 Å². The van der Waals surface area contributed by atoms with Crippen LogP contribution in [0.25, 0.3) is 0 Å². The lowest BCUT2D eigenvalue weighted by molar-refractivity contribution is -0.139. The van der Waals surface area contributed by atoms with Crippen LogP contribution in [0.4, 0.5) is 0 Å². The molecule has 3 rings (SSSR count). The summed E-state index contributed by atoms with van der Waals surface area (Å²) < 4.78 is 32.0. The lowest BCUT2D eigenvalue weighted by atomic mass is 10.2. The average Bonchev–Trinajstić information content (AvgIpc) is 3.24. The van der Waals surface area contributed by atoms with Gasteiger partial charge in [0.2, 0.25) is 0 Å². The predicted octanol–water partition coefficient (Wildman–Crippen LogP) is 1.43. The smallest absolute Gasteiger partial charge is 0.263 e. The summed E-state index contributed by atoms with van der Waals surface area (Å²) in [6.07, 6.45) is 2.76. The first-order valence-electron chi connectivity index (χ1n) is 8.51. The number of carbonyl (C=O) groups excluding carboxylic acids is 1. The lowest BCUT2D eigenvalue weighted by Crippen LogP contribution is -2.53. The Kier molecular flexibility index (Phi) is 6.08. The van der Waals surface area contributed by atoms with Crippen LogP contribution in [-0.4, -0.2) is 72.3 Å². The molecule has 8 nitrogen and oxygen atoms in total. The Bertz CT molecular complexity index is 861. The summed E-state index contributed by atoms with van der Waals surface area (Å²) in [7, 11) is -3.60. The Labute approximate surface area is 162 Å². The molecule has 1 amide bonds. The molecule has 2 heterocycles. The molecule has 2 aromatic rings. The van der Waals surface area contributed by atoms with Gasteiger partial charge in [-0.25, -0.2) is 8.42 Å². The second kappa shape index (κ2) is 8.32. The second-order valence-electron chi connectivity index (χ2n) is 6.09. The SMILES string of the molecule is CSc1ccc(O[C@H](C)C(=O)N2CCN(S(=O)(=O)c3ccn[nH]3)CC2)cc1. The van der Waals surface area contributed by atoms with Gasteiger partial charge in [-0.05, 0) is 43.5 Å². The number of aromatic amines is 1. The lowest BCUT2D eigenvalue weighted by Gasteiger charge is -2.34. The number of hydrogen-bond donors (Lipinski definition) is 1. The van der Waals surface area contributed by atoms with Gasteiger partial charge in [0.25, 0.3) is 15.9 Å². The zero-order valence-electron chi connectivity index (χ0n) is 15.2. The molecular formula is C17H22N4O4S2. The van der Waals surface area contributed by atoms with Crippen LogP contribution in [0.3, 0.4) is 0 Å². The number of nitrogens with one attached hydrogen (secondary N) is 1. The minimum atomic E-state index is -3.60. The molecule has 1 aliphatic heterocycles. The summed E-state index contributed by atoms with van der Waals surface area (Å²) in [6, 6.07) is 8.98. The van der Waals surface area contributed by atoms with Gasteiger partial charge in [-0.2, -0.15) is 9.40 Å². The van der Waals surface area contributed by atoms with Crippen LogP contribution >= 0.6 is 11.8 Å². The van der Waals surface area contributed by atoms with Gasteiger partial charge < -0.3 is 9.64 Å². The summed E-state index contributed by atoms with van der Waals surface area (Å²) in [5.41, 5.74) is 0. The molecule has 1 N–H and O–H groups in total. The van der Waals surface area contributed by atoms with Gasteiger partial charge in [-0.1, -0.05) is 0 Å². The van der Waals surface area contributed by atoms with Crippen molar-refractivity contribution in [2.75, 3.05) is 32.4 Å². The fourth-order valence-electron chi connectivity index (χ4n) is 2.84. The van der Waals surface area contributed by atoms with Gasteiger partial charge in [-0.15, -0.1) is 11.8 Å². The van der Waals surface area contributed by atoms with E-state index in [0.29, 0.717) is 18.8 Å². The maximum Gasteiger partial charge on any atom is 0.263 e. The minimum absolute atomic E-state index is 0.0627. The van der Waals surface area contributed by atoms with Crippen LogP contribution in [0.5, 0.6) is 5.75 Å². The number of rotatable bonds is 6. The number of thioether (sulfide) groups is 1. The van der Waals surface area contributed by atoms with E-state index in [0.717, 1.165) is 4.90 Å². The number of sulfonamides is 1. The third kappa shape index (κ3) is 4.45. The average molecular weight is 411 g/mol. The summed E-state index contributed by atoms with van der Waals surface area (Å²) in [6.45, 7) is 2.83. The zero-order chi connectivity index (χ0) is 19.4. The highest BCUT2D eigenvalue weighted by Gasteiger charge is 2.32. The Balaban J connectivity index is 1.56. The van der Waals surface area contributed by atoms with Gasteiger partial charge in [0.15, 0.2) is 11.1 Å². The maximum atomic E-state index is 12.6. The molecule has 0 radical (unpaired) electrons. The number of piperazine rings is 1. The van der Waals surface area contributed by atoms with Crippen LogP contribution in [0.15, 0.2) is 46.5 Å². The van der Waals surface area contributed by atoms with E-state index in [4.69, 9.17) is 4.74 Å². The van der Waals surface area contributed by atoms with Crippen LogP contribution in [-0.2, 0) is 14.8 Å². The van der Waals surface area contributed by atoms with Crippen LogP contribution in [0, 0.1) is 0 Å². The van der Waals surface area contributed by atoms with Crippen molar-refractivity contribution in [2.45, 2.75) is 22.9 Å². The quantitative estimate of drug-likeness (QED) is 0.724. The van der Waals surface area contributed by atoms with Crippen molar-refractivity contribution in [1.82, 2.24) is 19.4 Å². The molecule has 0 bridgehead atoms. The summed E-state index contributed by atoms with van der Waals surface area (Å²) in [5.74, 6) is 0.483. The molecule has 27 heavy (non-hydrogen) atoms. The Morgan fingerprint density at radius 2 is 1.85 bits per heavy atom. The summed E-state index contributed by atoms with van der Waals surface area (Å²) >= 11 is 1.64. The molecule has 146 valence electrons. The number of ether oxygens (including phenoxy) is 1. The van der Waals surface area contributed by atoms with E-state index in [2.05, 4.69) is 10.2 Å². The summed E-state index contributed by atoms with van der Waals surface area (Å²) in [4.78, 5) is 15.4. The predicted molar refractivity (Wildman–Crippen MR) is 102 cm³/mol. The molecule has 1 aliphatic rings. The molecule has 0 saturated carbocycles. The Morgan fingerprint density at radius 1 is 1.19 bits per heavy atom. The first kappa shape index (κ1) is 19.7. The zero-order valence-corrected chi connectivity index (χ0v) is 16.8. The largest absolute Gasteiger partial charge is 0.481 e. The molecule has 1 atom stereocenters. The van der Waals surface area contributed by atoms with E-state index in [1.165, 1.54) is 16.6 Å². The minimum Gasteiger partial charge on any atom is -0.481 e. The van der Waals surface area contributed by atoms with Crippen molar-refractivity contribution in [3.63, 3.8) is 0 Å². The van der Waals surface area contributed by atoms with Crippen LogP contribution < -0.4 is 4.74 Å². The number of aromatic nitrogens is 2. The van der Waals surface area contributed by atoms with Gasteiger partial charge >= 0.3 is 0 Å². The molecular weight excluding hydrogens is 388 g/mol. The molecule has 0 unspecified atom stereocenters. The van der Waals surface area contributed by atoms with Crippen molar-refractivity contribution in [1.29, 1.82) is 0 Å². The number of carbonyl (C=O) groups is 1. The van der Waals surface area contributed by atoms with Crippen molar-refractivity contribution in [3.05, 3.63) is 36.5 Å². The standard InChI is InChI=1S/C17H22N4O4S2/c1-13(25-14-3-5-15(26-2)6-4-14)17(22)20-9-11-21(12-10-20)27(23,24)16-7-8-18-19-16/h3-8,13H,9-12H2,1-2H3,(H,18,19)/t13-/m1/s1. The summed E-state index contributed by atoms with van der Waals surface area (Å²) in [5, 5.41) is 6.23. The fraction of sp³-hybridized carbons (Fsp3) is 0.412. The normalized spacial score (nSPS) is 16.9. The van der Waals surface area contributed by atoms with Gasteiger partial charge in [-0.3, -0.25) is 9.89 Å². The first-order chi connectivity index (χ1) is 12.9. The molecule has 1 saturated heterocycles. The highest BCUT2D eigenvalue weighted by molar-refractivity contribution is 7.98. The van der Waals surface area contributed by atoms with E-state index >= 15 is 0 Å². The number of nitrogens with zero attached hydrogens (tertiary/aromatic N) is 3. The van der Waals surface area contributed by atoms with Gasteiger partial charge in [0, 0.05) is 31.1 Å². The van der Waals surface area contributed by atoms with E-state index in [1.54, 1.807) is 23.6 Å². The number of amides is 1.